The van der Waals surface area contributed by atoms with Gasteiger partial charge in [-0.05, 0) is 24.1 Å². The number of benzene rings is 1. The van der Waals surface area contributed by atoms with Crippen molar-refractivity contribution < 1.29 is 22.3 Å². The smallest absolute Gasteiger partial charge is 0.403 e. The van der Waals surface area contributed by atoms with Crippen LogP contribution in [0.1, 0.15) is 31.4 Å². The summed E-state index contributed by atoms with van der Waals surface area (Å²) in [5.41, 5.74) is 0.691. The minimum atomic E-state index is -4.89. The lowest BCUT2D eigenvalue weighted by Crippen LogP contribution is -2.45. The second-order valence-electron chi connectivity index (χ2n) is 5.33. The van der Waals surface area contributed by atoms with Crippen LogP contribution in [0.4, 0.5) is 17.6 Å². The van der Waals surface area contributed by atoms with E-state index in [0.29, 0.717) is 5.56 Å². The van der Waals surface area contributed by atoms with Crippen LogP contribution < -0.4 is 10.1 Å². The van der Waals surface area contributed by atoms with Gasteiger partial charge in [-0.15, -0.1) is 25.6 Å². The average Bonchev–Trinajstić information content (AvgIpc) is 2.47. The van der Waals surface area contributed by atoms with Crippen LogP contribution in [0.5, 0.6) is 5.75 Å². The van der Waals surface area contributed by atoms with Gasteiger partial charge < -0.3 is 10.1 Å². The van der Waals surface area contributed by atoms with E-state index in [9.17, 15) is 17.6 Å². The first-order valence-electron chi connectivity index (χ1n) is 7.40. The molecule has 0 radical (unpaired) electrons. The van der Waals surface area contributed by atoms with Crippen molar-refractivity contribution in [2.75, 3.05) is 26.2 Å². The zero-order chi connectivity index (χ0) is 16.2. The Balaban J connectivity index is 0.00000264. The van der Waals surface area contributed by atoms with E-state index < -0.39 is 17.9 Å². The fraction of sp³-hybridized carbons (Fsp3) is 0.600. The van der Waals surface area contributed by atoms with Gasteiger partial charge in [-0.25, -0.2) is 4.39 Å². The highest BCUT2D eigenvalue weighted by Gasteiger charge is 2.32. The number of nitrogens with zero attached hydrogens (tertiary/aromatic N) is 1. The molecule has 0 aliphatic carbocycles. The summed E-state index contributed by atoms with van der Waals surface area (Å²) in [6.07, 6.45) is -3.14. The fourth-order valence-corrected chi connectivity index (χ4v) is 2.76. The first-order valence-corrected chi connectivity index (χ1v) is 7.40. The summed E-state index contributed by atoms with van der Waals surface area (Å²) in [5, 5.41) is 3.25. The second kappa shape index (κ2) is 8.70. The Kier molecular flexibility index (Phi) is 7.57. The molecule has 0 amide bonds. The maximum atomic E-state index is 13.9. The number of hydrogen-bond donors (Lipinski definition) is 1. The number of nitrogens with one attached hydrogen (secondary N) is 1. The van der Waals surface area contributed by atoms with Crippen LogP contribution in [-0.4, -0.2) is 37.4 Å². The molecule has 132 valence electrons. The minimum Gasteiger partial charge on any atom is -0.403 e. The molecule has 23 heavy (non-hydrogen) atoms. The van der Waals surface area contributed by atoms with Crippen LogP contribution in [0.15, 0.2) is 18.2 Å². The highest BCUT2D eigenvalue weighted by molar-refractivity contribution is 5.85. The van der Waals surface area contributed by atoms with Crippen molar-refractivity contribution in [3.8, 4) is 5.75 Å². The molecule has 1 N–H and O–H groups in total. The van der Waals surface area contributed by atoms with E-state index in [-0.39, 0.29) is 18.4 Å². The van der Waals surface area contributed by atoms with Crippen molar-refractivity contribution in [3.05, 3.63) is 29.6 Å². The van der Waals surface area contributed by atoms with Crippen molar-refractivity contribution >= 4 is 12.4 Å². The van der Waals surface area contributed by atoms with Gasteiger partial charge in [-0.3, -0.25) is 4.90 Å². The first kappa shape index (κ1) is 20.0. The van der Waals surface area contributed by atoms with E-state index in [4.69, 9.17) is 0 Å². The summed E-state index contributed by atoms with van der Waals surface area (Å²) in [5.74, 6) is -1.77. The Morgan fingerprint density at radius 3 is 2.43 bits per heavy atom. The third kappa shape index (κ3) is 5.82. The van der Waals surface area contributed by atoms with Crippen molar-refractivity contribution in [2.45, 2.75) is 32.2 Å². The van der Waals surface area contributed by atoms with Gasteiger partial charge in [0.15, 0.2) is 11.6 Å². The van der Waals surface area contributed by atoms with E-state index in [2.05, 4.69) is 15.0 Å². The van der Waals surface area contributed by atoms with Gasteiger partial charge in [0.25, 0.3) is 0 Å². The quantitative estimate of drug-likeness (QED) is 0.810. The number of rotatable bonds is 5. The normalized spacial score (nSPS) is 17.4. The maximum Gasteiger partial charge on any atom is 0.573 e. The van der Waals surface area contributed by atoms with Crippen molar-refractivity contribution in [1.82, 2.24) is 10.2 Å². The highest BCUT2D eigenvalue weighted by atomic mass is 35.5. The van der Waals surface area contributed by atoms with Gasteiger partial charge in [0.1, 0.15) is 0 Å². The summed E-state index contributed by atoms with van der Waals surface area (Å²) in [7, 11) is 0. The lowest BCUT2D eigenvalue weighted by Gasteiger charge is -2.35. The first-order chi connectivity index (χ1) is 10.4. The van der Waals surface area contributed by atoms with Gasteiger partial charge in [0, 0.05) is 32.2 Å². The molecule has 8 heteroatoms. The molecule has 1 aliphatic heterocycles. The Labute approximate surface area is 139 Å². The Morgan fingerprint density at radius 1 is 1.26 bits per heavy atom. The average molecular weight is 357 g/mol. The molecule has 1 aliphatic rings. The third-order valence-electron chi connectivity index (χ3n) is 3.72. The molecule has 1 aromatic rings. The van der Waals surface area contributed by atoms with Crippen molar-refractivity contribution in [1.29, 1.82) is 0 Å². The zero-order valence-corrected chi connectivity index (χ0v) is 13.6. The van der Waals surface area contributed by atoms with Crippen LogP contribution >= 0.6 is 12.4 Å². The minimum absolute atomic E-state index is 0. The van der Waals surface area contributed by atoms with E-state index in [0.717, 1.165) is 51.2 Å². The number of ether oxygens (including phenoxy) is 1. The number of piperazine rings is 1. The van der Waals surface area contributed by atoms with E-state index in [1.54, 1.807) is 0 Å². The molecule has 1 aromatic carbocycles. The molecular weight excluding hydrogens is 336 g/mol. The summed E-state index contributed by atoms with van der Waals surface area (Å²) in [6.45, 7) is 5.43. The van der Waals surface area contributed by atoms with Crippen molar-refractivity contribution in [3.63, 3.8) is 0 Å². The molecule has 1 atom stereocenters. The van der Waals surface area contributed by atoms with Gasteiger partial charge in [0.2, 0.25) is 0 Å². The lowest BCUT2D eigenvalue weighted by atomic mass is 9.99. The van der Waals surface area contributed by atoms with E-state index in [1.807, 2.05) is 6.92 Å². The predicted octanol–water partition coefficient (Wildman–Crippen LogP) is 3.89. The highest BCUT2D eigenvalue weighted by Crippen LogP contribution is 2.31. The molecule has 0 unspecified atom stereocenters. The molecule has 0 saturated carbocycles. The third-order valence-corrected chi connectivity index (χ3v) is 3.72. The molecule has 0 aromatic heterocycles. The second-order valence-corrected chi connectivity index (χ2v) is 5.33. The fourth-order valence-electron chi connectivity index (χ4n) is 2.76. The molecule has 1 saturated heterocycles. The van der Waals surface area contributed by atoms with Gasteiger partial charge in [-0.2, -0.15) is 0 Å². The SMILES string of the molecule is CCC[C@H](c1ccc(OC(F)(F)F)c(F)c1)N1CCNCC1.Cl. The molecular formula is C15H21ClF4N2O. The largest absolute Gasteiger partial charge is 0.573 e. The van der Waals surface area contributed by atoms with Crippen LogP contribution in [0.3, 0.4) is 0 Å². The summed E-state index contributed by atoms with van der Waals surface area (Å²) in [4.78, 5) is 2.24. The number of halogens is 5. The monoisotopic (exact) mass is 356 g/mol. The zero-order valence-electron chi connectivity index (χ0n) is 12.8. The Bertz CT molecular complexity index is 493. The number of hydrogen-bond acceptors (Lipinski definition) is 3. The van der Waals surface area contributed by atoms with Crippen LogP contribution in [0.2, 0.25) is 0 Å². The predicted molar refractivity (Wildman–Crippen MR) is 82.4 cm³/mol. The molecule has 3 nitrogen and oxygen atoms in total. The van der Waals surface area contributed by atoms with E-state index in [1.165, 1.54) is 6.07 Å². The van der Waals surface area contributed by atoms with Gasteiger partial charge in [-0.1, -0.05) is 19.4 Å². The molecule has 1 fully saturated rings. The summed E-state index contributed by atoms with van der Waals surface area (Å²) in [6, 6.07) is 3.75. The Morgan fingerprint density at radius 2 is 1.91 bits per heavy atom. The molecule has 0 spiro atoms. The van der Waals surface area contributed by atoms with Crippen LogP contribution in [0, 0.1) is 5.82 Å². The lowest BCUT2D eigenvalue weighted by molar-refractivity contribution is -0.275. The van der Waals surface area contributed by atoms with Crippen LogP contribution in [0.25, 0.3) is 0 Å². The van der Waals surface area contributed by atoms with Crippen LogP contribution in [-0.2, 0) is 0 Å². The van der Waals surface area contributed by atoms with E-state index >= 15 is 0 Å². The topological polar surface area (TPSA) is 24.5 Å². The Hall–Kier alpha value is -1.05. The summed E-state index contributed by atoms with van der Waals surface area (Å²) >= 11 is 0. The molecule has 1 heterocycles. The van der Waals surface area contributed by atoms with Gasteiger partial charge in [0.05, 0.1) is 0 Å². The number of alkyl halides is 3. The summed E-state index contributed by atoms with van der Waals surface area (Å²) < 4.78 is 54.1. The molecule has 0 bridgehead atoms. The standard InChI is InChI=1S/C15H20F4N2O.ClH/c1-2-3-13(21-8-6-20-7-9-21)11-4-5-14(12(16)10-11)22-15(17,18)19;/h4-5,10,13,20H,2-3,6-9H2,1H3;1H/t13-;/m1./s1. The molecule has 2 rings (SSSR count). The van der Waals surface area contributed by atoms with Crippen molar-refractivity contribution in [2.24, 2.45) is 0 Å². The van der Waals surface area contributed by atoms with Gasteiger partial charge >= 0.3 is 6.36 Å². The maximum absolute atomic E-state index is 13.9.